The normalized spacial score (nSPS) is 13.9. The summed E-state index contributed by atoms with van der Waals surface area (Å²) in [6, 6.07) is 14.5. The highest BCUT2D eigenvalue weighted by Crippen LogP contribution is 2.25. The number of ketones is 1. The number of nitro benzene ring substituents is 1. The van der Waals surface area contributed by atoms with Gasteiger partial charge in [0.15, 0.2) is 5.78 Å². The third kappa shape index (κ3) is 5.78. The average molecular weight is 507 g/mol. The fourth-order valence-corrected chi connectivity index (χ4v) is 4.48. The Bertz CT molecular complexity index is 1410. The number of carbonyl (C=O) groups is 1. The second-order valence-corrected chi connectivity index (χ2v) is 9.03. The lowest BCUT2D eigenvalue weighted by atomic mass is 10.0. The first kappa shape index (κ1) is 25.8. The highest BCUT2D eigenvalue weighted by Gasteiger charge is 2.21. The molecule has 1 aliphatic rings. The molecule has 1 fully saturated rings. The van der Waals surface area contributed by atoms with Crippen LogP contribution in [0.3, 0.4) is 0 Å². The summed E-state index contributed by atoms with van der Waals surface area (Å²) in [5.41, 5.74) is 0.522. The summed E-state index contributed by atoms with van der Waals surface area (Å²) in [4.78, 5) is 52.5. The highest BCUT2D eigenvalue weighted by atomic mass is 16.6. The van der Waals surface area contributed by atoms with Gasteiger partial charge in [0.05, 0.1) is 10.5 Å². The molecule has 194 valence electrons. The van der Waals surface area contributed by atoms with Gasteiger partial charge < -0.3 is 10.2 Å². The van der Waals surface area contributed by atoms with Gasteiger partial charge in [-0.25, -0.2) is 4.79 Å². The molecule has 0 radical (unpaired) electrons. The Hall–Kier alpha value is -4.25. The van der Waals surface area contributed by atoms with Crippen LogP contribution in [-0.2, 0) is 14.1 Å². The second-order valence-electron chi connectivity index (χ2n) is 9.03. The van der Waals surface area contributed by atoms with Crippen LogP contribution in [0.15, 0.2) is 64.2 Å². The molecule has 0 bridgehead atoms. The maximum absolute atomic E-state index is 13.0. The molecular formula is C26H30N6O5. The average Bonchev–Trinajstić information content (AvgIpc) is 2.92. The summed E-state index contributed by atoms with van der Waals surface area (Å²) >= 11 is 0. The molecule has 0 saturated carbocycles. The van der Waals surface area contributed by atoms with Crippen LogP contribution < -0.4 is 21.5 Å². The standard InChI is InChI=1S/C26H30N6O5/c1-28-23(18-24(33)29(2)26(28)35)31-15-13-30(14-16-31)12-6-11-27-22-10-9-20(32(36)37)17-21(22)25(34)19-7-4-3-5-8-19/h3-5,7-10,17-18,27H,6,11-16H2,1-2H3. The first-order valence-corrected chi connectivity index (χ1v) is 12.1. The number of hydrogen-bond acceptors (Lipinski definition) is 8. The monoisotopic (exact) mass is 506 g/mol. The van der Waals surface area contributed by atoms with Gasteiger partial charge in [0.25, 0.3) is 11.2 Å². The number of benzene rings is 2. The van der Waals surface area contributed by atoms with E-state index in [9.17, 15) is 24.5 Å². The summed E-state index contributed by atoms with van der Waals surface area (Å²) < 4.78 is 2.59. The van der Waals surface area contributed by atoms with Crippen molar-refractivity contribution in [2.24, 2.45) is 14.1 Å². The van der Waals surface area contributed by atoms with Gasteiger partial charge >= 0.3 is 5.69 Å². The number of nitrogens with one attached hydrogen (secondary N) is 1. The third-order valence-corrected chi connectivity index (χ3v) is 6.66. The molecule has 37 heavy (non-hydrogen) atoms. The van der Waals surface area contributed by atoms with Crippen LogP contribution in [0.1, 0.15) is 22.3 Å². The van der Waals surface area contributed by atoms with Crippen LogP contribution in [0.2, 0.25) is 0 Å². The zero-order valence-corrected chi connectivity index (χ0v) is 20.9. The number of rotatable bonds is 9. The molecule has 0 atom stereocenters. The lowest BCUT2D eigenvalue weighted by Gasteiger charge is -2.36. The van der Waals surface area contributed by atoms with Crippen molar-refractivity contribution in [1.82, 2.24) is 14.0 Å². The highest BCUT2D eigenvalue weighted by molar-refractivity contribution is 6.12. The topological polar surface area (TPSA) is 123 Å². The Morgan fingerprint density at radius 3 is 2.35 bits per heavy atom. The first-order chi connectivity index (χ1) is 17.8. The van der Waals surface area contributed by atoms with Crippen molar-refractivity contribution < 1.29 is 9.72 Å². The van der Waals surface area contributed by atoms with Crippen LogP contribution >= 0.6 is 0 Å². The van der Waals surface area contributed by atoms with Crippen molar-refractivity contribution in [3.8, 4) is 0 Å². The molecule has 4 rings (SSSR count). The molecular weight excluding hydrogens is 476 g/mol. The lowest BCUT2D eigenvalue weighted by molar-refractivity contribution is -0.384. The van der Waals surface area contributed by atoms with Crippen LogP contribution in [0.4, 0.5) is 17.2 Å². The number of non-ortho nitro benzene ring substituents is 1. The van der Waals surface area contributed by atoms with E-state index in [0.29, 0.717) is 36.7 Å². The number of nitro groups is 1. The predicted molar refractivity (Wildman–Crippen MR) is 142 cm³/mol. The van der Waals surface area contributed by atoms with Crippen molar-refractivity contribution in [2.75, 3.05) is 49.5 Å². The van der Waals surface area contributed by atoms with E-state index in [1.54, 1.807) is 37.4 Å². The van der Waals surface area contributed by atoms with Gasteiger partial charge in [0, 0.05) is 76.3 Å². The fourth-order valence-electron chi connectivity index (χ4n) is 4.48. The molecule has 0 aliphatic carbocycles. The molecule has 0 amide bonds. The van der Waals surface area contributed by atoms with Gasteiger partial charge in [-0.2, -0.15) is 0 Å². The van der Waals surface area contributed by atoms with E-state index in [0.717, 1.165) is 30.6 Å². The summed E-state index contributed by atoms with van der Waals surface area (Å²) in [6.45, 7) is 4.40. The molecule has 1 N–H and O–H groups in total. The van der Waals surface area contributed by atoms with Crippen LogP contribution in [0, 0.1) is 10.1 Å². The number of aromatic nitrogens is 2. The minimum atomic E-state index is -0.504. The van der Waals surface area contributed by atoms with Gasteiger partial charge in [0.1, 0.15) is 5.82 Å². The van der Waals surface area contributed by atoms with Crippen molar-refractivity contribution in [3.05, 3.63) is 96.7 Å². The van der Waals surface area contributed by atoms with Gasteiger partial charge in [-0.15, -0.1) is 0 Å². The summed E-state index contributed by atoms with van der Waals surface area (Å²) in [6.07, 6.45) is 0.806. The zero-order valence-electron chi connectivity index (χ0n) is 20.9. The van der Waals surface area contributed by atoms with Gasteiger partial charge in [-0.3, -0.25) is 33.7 Å². The van der Waals surface area contributed by atoms with E-state index in [-0.39, 0.29) is 28.3 Å². The fraction of sp³-hybridized carbons (Fsp3) is 0.346. The van der Waals surface area contributed by atoms with Crippen molar-refractivity contribution in [2.45, 2.75) is 6.42 Å². The number of carbonyl (C=O) groups excluding carboxylic acids is 1. The van der Waals surface area contributed by atoms with Crippen LogP contribution in [0.25, 0.3) is 0 Å². The Balaban J connectivity index is 1.34. The molecule has 2 heterocycles. The van der Waals surface area contributed by atoms with Crippen LogP contribution in [0.5, 0.6) is 0 Å². The van der Waals surface area contributed by atoms with Gasteiger partial charge in [-0.1, -0.05) is 30.3 Å². The molecule has 0 unspecified atom stereocenters. The molecule has 3 aromatic rings. The second kappa shape index (κ2) is 11.2. The molecule has 0 spiro atoms. The van der Waals surface area contributed by atoms with Crippen molar-refractivity contribution in [1.29, 1.82) is 0 Å². The summed E-state index contributed by atoms with van der Waals surface area (Å²) in [5, 5.41) is 14.5. The predicted octanol–water partition coefficient (Wildman–Crippen LogP) is 1.85. The van der Waals surface area contributed by atoms with Gasteiger partial charge in [0.2, 0.25) is 0 Å². The molecule has 11 heteroatoms. The summed E-state index contributed by atoms with van der Waals surface area (Å²) in [5.74, 6) is 0.358. The lowest BCUT2D eigenvalue weighted by Crippen LogP contribution is -2.49. The zero-order chi connectivity index (χ0) is 26.5. The number of piperazine rings is 1. The Morgan fingerprint density at radius 2 is 1.68 bits per heavy atom. The molecule has 11 nitrogen and oxygen atoms in total. The smallest absolute Gasteiger partial charge is 0.332 e. The van der Waals surface area contributed by atoms with E-state index in [1.165, 1.54) is 29.8 Å². The van der Waals surface area contributed by atoms with Crippen molar-refractivity contribution >= 4 is 23.0 Å². The molecule has 1 aliphatic heterocycles. The first-order valence-electron chi connectivity index (χ1n) is 12.1. The van der Waals surface area contributed by atoms with Gasteiger partial charge in [-0.05, 0) is 19.0 Å². The largest absolute Gasteiger partial charge is 0.384 e. The van der Waals surface area contributed by atoms with E-state index < -0.39 is 4.92 Å². The Labute approximate surface area is 213 Å². The number of nitrogens with zero attached hydrogens (tertiary/aromatic N) is 5. The Morgan fingerprint density at radius 1 is 0.973 bits per heavy atom. The molecule has 1 aromatic heterocycles. The number of hydrogen-bond donors (Lipinski definition) is 1. The minimum Gasteiger partial charge on any atom is -0.384 e. The van der Waals surface area contributed by atoms with E-state index in [2.05, 4.69) is 15.1 Å². The molecule has 2 aromatic carbocycles. The van der Waals surface area contributed by atoms with E-state index >= 15 is 0 Å². The summed E-state index contributed by atoms with van der Waals surface area (Å²) in [7, 11) is 3.14. The maximum Gasteiger partial charge on any atom is 0.332 e. The van der Waals surface area contributed by atoms with Crippen molar-refractivity contribution in [3.63, 3.8) is 0 Å². The van der Waals surface area contributed by atoms with Crippen LogP contribution in [-0.4, -0.2) is 64.0 Å². The maximum atomic E-state index is 13.0. The molecule has 1 saturated heterocycles. The third-order valence-electron chi connectivity index (χ3n) is 6.66. The quantitative estimate of drug-likeness (QED) is 0.202. The van der Waals surface area contributed by atoms with E-state index in [4.69, 9.17) is 0 Å². The minimum absolute atomic E-state index is 0.128. The number of anilines is 2. The van der Waals surface area contributed by atoms with E-state index in [1.807, 2.05) is 6.07 Å². The Kier molecular flexibility index (Phi) is 7.83. The SMILES string of the molecule is Cn1c(N2CCN(CCCNc3ccc([N+](=O)[O-])cc3C(=O)c3ccccc3)CC2)cc(=O)n(C)c1=O.